The Hall–Kier alpha value is -2.60. The van der Waals surface area contributed by atoms with Crippen LogP contribution in [0.5, 0.6) is 11.5 Å². The number of nitrogens with zero attached hydrogens (tertiary/aromatic N) is 3. The van der Waals surface area contributed by atoms with Crippen LogP contribution in [0.3, 0.4) is 0 Å². The number of likely N-dealkylation sites (tertiary alicyclic amines) is 1. The number of aromatic nitrogens is 1. The summed E-state index contributed by atoms with van der Waals surface area (Å²) in [5.41, 5.74) is 3.57. The first kappa shape index (κ1) is 20.7. The standard InChI is InChI=1S/C24H31N3O3/c1-17-12-25-9-8-19(17)13-26-10-4-5-20(14-26)24-16-27(18(2)28)15-21-11-22(29-3)6-7-23(21)30-24/h6-9,11-12,20,24H,4-5,10,13-16H2,1-3H3/t20-,24+/m1/s1. The molecule has 1 saturated heterocycles. The van der Waals surface area contributed by atoms with Crippen molar-refractivity contribution in [2.45, 2.75) is 45.9 Å². The van der Waals surface area contributed by atoms with Crippen LogP contribution in [0.4, 0.5) is 0 Å². The normalized spacial score (nSPS) is 22.0. The molecule has 30 heavy (non-hydrogen) atoms. The van der Waals surface area contributed by atoms with Gasteiger partial charge in [-0.1, -0.05) is 0 Å². The molecule has 160 valence electrons. The van der Waals surface area contributed by atoms with Crippen LogP contribution in [0, 0.1) is 12.8 Å². The molecule has 3 heterocycles. The van der Waals surface area contributed by atoms with Crippen LogP contribution in [0.25, 0.3) is 0 Å². The largest absolute Gasteiger partial charge is 0.497 e. The van der Waals surface area contributed by atoms with Crippen LogP contribution >= 0.6 is 0 Å². The zero-order chi connectivity index (χ0) is 21.1. The third-order valence-corrected chi connectivity index (χ3v) is 6.35. The molecule has 2 aliphatic rings. The van der Waals surface area contributed by atoms with E-state index in [1.54, 1.807) is 14.0 Å². The van der Waals surface area contributed by atoms with Crippen molar-refractivity contribution in [2.75, 3.05) is 26.7 Å². The molecular weight excluding hydrogens is 378 g/mol. The van der Waals surface area contributed by atoms with Crippen LogP contribution in [0.15, 0.2) is 36.7 Å². The van der Waals surface area contributed by atoms with Gasteiger partial charge in [-0.2, -0.15) is 0 Å². The van der Waals surface area contributed by atoms with Gasteiger partial charge in [-0.25, -0.2) is 0 Å². The molecule has 0 aliphatic carbocycles. The van der Waals surface area contributed by atoms with Crippen LogP contribution in [0.1, 0.15) is 36.5 Å². The molecule has 1 aromatic carbocycles. The van der Waals surface area contributed by atoms with Gasteiger partial charge in [0.05, 0.1) is 13.7 Å². The molecule has 4 rings (SSSR count). The molecule has 6 heteroatoms. The number of aryl methyl sites for hydroxylation is 1. The van der Waals surface area contributed by atoms with E-state index < -0.39 is 0 Å². The lowest BCUT2D eigenvalue weighted by Crippen LogP contribution is -2.46. The summed E-state index contributed by atoms with van der Waals surface area (Å²) in [5.74, 6) is 2.12. The van der Waals surface area contributed by atoms with Crippen LogP contribution in [-0.4, -0.2) is 53.5 Å². The zero-order valence-electron chi connectivity index (χ0n) is 18.1. The SMILES string of the molecule is COc1ccc2c(c1)CN(C(C)=O)C[C@@H]([C@@H]1CCCN(Cc3ccncc3C)C1)O2. The number of fused-ring (bicyclic) bond motifs is 1. The summed E-state index contributed by atoms with van der Waals surface area (Å²) in [6.45, 7) is 7.94. The summed E-state index contributed by atoms with van der Waals surface area (Å²) in [6, 6.07) is 8.00. The molecular formula is C24H31N3O3. The number of rotatable bonds is 4. The van der Waals surface area contributed by atoms with Gasteiger partial charge in [-0.15, -0.1) is 0 Å². The maximum Gasteiger partial charge on any atom is 0.219 e. The predicted molar refractivity (Wildman–Crippen MR) is 115 cm³/mol. The van der Waals surface area contributed by atoms with Crippen LogP contribution < -0.4 is 9.47 Å². The second kappa shape index (κ2) is 9.04. The van der Waals surface area contributed by atoms with Crippen molar-refractivity contribution < 1.29 is 14.3 Å². The van der Waals surface area contributed by atoms with Gasteiger partial charge in [-0.3, -0.25) is 14.7 Å². The van der Waals surface area contributed by atoms with E-state index in [1.807, 2.05) is 35.5 Å². The van der Waals surface area contributed by atoms with E-state index >= 15 is 0 Å². The molecule has 1 amide bonds. The van der Waals surface area contributed by atoms with Crippen LogP contribution in [0.2, 0.25) is 0 Å². The molecule has 0 N–H and O–H groups in total. The molecule has 0 spiro atoms. The number of carbonyl (C=O) groups is 1. The average molecular weight is 410 g/mol. The Labute approximate surface area is 178 Å². The van der Waals surface area contributed by atoms with Gasteiger partial charge in [0, 0.05) is 50.4 Å². The highest BCUT2D eigenvalue weighted by Crippen LogP contribution is 2.33. The third-order valence-electron chi connectivity index (χ3n) is 6.35. The molecule has 1 aromatic heterocycles. The number of piperidine rings is 1. The van der Waals surface area contributed by atoms with Gasteiger partial charge in [0.15, 0.2) is 0 Å². The second-order valence-electron chi connectivity index (χ2n) is 8.47. The van der Waals surface area contributed by atoms with Gasteiger partial charge in [0.2, 0.25) is 5.91 Å². The molecule has 2 aromatic rings. The lowest BCUT2D eigenvalue weighted by atomic mass is 9.91. The number of ether oxygens (including phenoxy) is 2. The molecule has 1 fully saturated rings. The number of carbonyl (C=O) groups excluding carboxylic acids is 1. The maximum atomic E-state index is 12.3. The topological polar surface area (TPSA) is 54.9 Å². The summed E-state index contributed by atoms with van der Waals surface area (Å²) in [7, 11) is 1.66. The van der Waals surface area contributed by atoms with E-state index in [0.29, 0.717) is 19.0 Å². The smallest absolute Gasteiger partial charge is 0.219 e. The first-order valence-electron chi connectivity index (χ1n) is 10.7. The number of methoxy groups -OCH3 is 1. The number of hydrogen-bond donors (Lipinski definition) is 0. The van der Waals surface area contributed by atoms with Gasteiger partial charge in [0.25, 0.3) is 0 Å². The Morgan fingerprint density at radius 2 is 2.17 bits per heavy atom. The fourth-order valence-corrected chi connectivity index (χ4v) is 4.55. The number of benzene rings is 1. The predicted octanol–water partition coefficient (Wildman–Crippen LogP) is 3.42. The van der Waals surface area contributed by atoms with E-state index in [-0.39, 0.29) is 12.0 Å². The van der Waals surface area contributed by atoms with Crippen molar-refractivity contribution in [2.24, 2.45) is 5.92 Å². The second-order valence-corrected chi connectivity index (χ2v) is 8.47. The summed E-state index contributed by atoms with van der Waals surface area (Å²) in [5, 5.41) is 0. The quantitative estimate of drug-likeness (QED) is 0.775. The molecule has 0 bridgehead atoms. The highest BCUT2D eigenvalue weighted by Gasteiger charge is 2.33. The first-order valence-corrected chi connectivity index (χ1v) is 10.7. The third kappa shape index (κ3) is 4.59. The van der Waals surface area contributed by atoms with E-state index in [9.17, 15) is 4.79 Å². The number of hydrogen-bond acceptors (Lipinski definition) is 5. The minimum absolute atomic E-state index is 0.00937. The molecule has 0 unspecified atom stereocenters. The van der Waals surface area contributed by atoms with Crippen LogP contribution in [-0.2, 0) is 17.9 Å². The Kier molecular flexibility index (Phi) is 6.23. The molecule has 0 saturated carbocycles. The van der Waals surface area contributed by atoms with Crippen molar-refractivity contribution in [3.05, 3.63) is 53.3 Å². The van der Waals surface area contributed by atoms with E-state index in [2.05, 4.69) is 22.9 Å². The molecule has 0 radical (unpaired) electrons. The Morgan fingerprint density at radius 1 is 1.30 bits per heavy atom. The molecule has 2 atom stereocenters. The summed E-state index contributed by atoms with van der Waals surface area (Å²) in [6.07, 6.45) is 6.05. The molecule has 6 nitrogen and oxygen atoms in total. The lowest BCUT2D eigenvalue weighted by Gasteiger charge is -2.37. The average Bonchev–Trinajstić information content (AvgIpc) is 2.95. The van der Waals surface area contributed by atoms with Gasteiger partial charge in [-0.05, 0) is 61.7 Å². The Morgan fingerprint density at radius 3 is 2.93 bits per heavy atom. The van der Waals surface area contributed by atoms with Gasteiger partial charge in [0.1, 0.15) is 17.6 Å². The maximum absolute atomic E-state index is 12.3. The van der Waals surface area contributed by atoms with Crippen molar-refractivity contribution in [3.63, 3.8) is 0 Å². The zero-order valence-corrected chi connectivity index (χ0v) is 18.1. The van der Waals surface area contributed by atoms with Crippen molar-refractivity contribution in [3.8, 4) is 11.5 Å². The highest BCUT2D eigenvalue weighted by atomic mass is 16.5. The molecule has 2 aliphatic heterocycles. The Bertz CT molecular complexity index is 901. The summed E-state index contributed by atoms with van der Waals surface area (Å²) < 4.78 is 11.9. The van der Waals surface area contributed by atoms with Gasteiger partial charge < -0.3 is 14.4 Å². The number of amides is 1. The van der Waals surface area contributed by atoms with E-state index in [4.69, 9.17) is 9.47 Å². The monoisotopic (exact) mass is 409 g/mol. The first-order chi connectivity index (χ1) is 14.5. The number of pyridine rings is 1. The van der Waals surface area contributed by atoms with Crippen molar-refractivity contribution in [1.29, 1.82) is 0 Å². The fourth-order valence-electron chi connectivity index (χ4n) is 4.55. The summed E-state index contributed by atoms with van der Waals surface area (Å²) >= 11 is 0. The minimum atomic E-state index is -0.00937. The fraction of sp³-hybridized carbons (Fsp3) is 0.500. The van der Waals surface area contributed by atoms with Gasteiger partial charge >= 0.3 is 0 Å². The van der Waals surface area contributed by atoms with Crippen molar-refractivity contribution >= 4 is 5.91 Å². The lowest BCUT2D eigenvalue weighted by molar-refractivity contribution is -0.130. The van der Waals surface area contributed by atoms with Crippen molar-refractivity contribution in [1.82, 2.24) is 14.8 Å². The summed E-state index contributed by atoms with van der Waals surface area (Å²) in [4.78, 5) is 20.9. The van der Waals surface area contributed by atoms with E-state index in [1.165, 1.54) is 11.1 Å². The highest BCUT2D eigenvalue weighted by molar-refractivity contribution is 5.73. The Balaban J connectivity index is 1.52. The van der Waals surface area contributed by atoms with E-state index in [0.717, 1.165) is 49.5 Å². The minimum Gasteiger partial charge on any atom is -0.497 e.